The number of ether oxygens (including phenoxy) is 2. The Labute approximate surface area is 153 Å². The number of hydrogen-bond donors (Lipinski definition) is 0. The molecule has 6 heteroatoms. The quantitative estimate of drug-likeness (QED) is 0.765. The van der Waals surface area contributed by atoms with Gasteiger partial charge in [-0.15, -0.1) is 0 Å². The maximum atomic E-state index is 12.7. The Morgan fingerprint density at radius 3 is 3.00 bits per heavy atom. The third-order valence-electron chi connectivity index (χ3n) is 5.12. The Morgan fingerprint density at radius 1 is 1.31 bits per heavy atom. The van der Waals surface area contributed by atoms with E-state index in [1.807, 2.05) is 35.5 Å². The summed E-state index contributed by atoms with van der Waals surface area (Å²) in [4.78, 5) is 19.2. The fourth-order valence-corrected chi connectivity index (χ4v) is 3.32. The molecule has 0 bridgehead atoms. The first-order valence-electron chi connectivity index (χ1n) is 9.24. The lowest BCUT2D eigenvalue weighted by molar-refractivity contribution is -0.131. The third-order valence-corrected chi connectivity index (χ3v) is 5.12. The average molecular weight is 355 g/mol. The molecule has 2 aromatic rings. The predicted octanol–water partition coefficient (Wildman–Crippen LogP) is 2.40. The molecule has 2 aliphatic rings. The van der Waals surface area contributed by atoms with E-state index in [-0.39, 0.29) is 5.91 Å². The highest BCUT2D eigenvalue weighted by Gasteiger charge is 2.25. The van der Waals surface area contributed by atoms with Crippen LogP contribution in [-0.2, 0) is 35.6 Å². The molecule has 4 rings (SSSR count). The van der Waals surface area contributed by atoms with Crippen molar-refractivity contribution in [1.29, 1.82) is 0 Å². The Bertz CT molecular complexity index is 782. The number of rotatable bonds is 7. The summed E-state index contributed by atoms with van der Waals surface area (Å²) < 4.78 is 13.2. The van der Waals surface area contributed by atoms with Crippen molar-refractivity contribution in [2.45, 2.75) is 39.0 Å². The van der Waals surface area contributed by atoms with Gasteiger partial charge in [-0.3, -0.25) is 4.79 Å². The summed E-state index contributed by atoms with van der Waals surface area (Å²) in [5.41, 5.74) is 3.04. The average Bonchev–Trinajstić information content (AvgIpc) is 3.40. The summed E-state index contributed by atoms with van der Waals surface area (Å²) in [6, 6.07) is 7.69. The normalized spacial score (nSPS) is 16.4. The molecule has 138 valence electrons. The Hall–Kier alpha value is -2.34. The van der Waals surface area contributed by atoms with Crippen molar-refractivity contribution < 1.29 is 14.3 Å². The van der Waals surface area contributed by atoms with Crippen molar-refractivity contribution in [2.24, 2.45) is 5.92 Å². The molecule has 1 saturated carbocycles. The molecular weight excluding hydrogens is 330 g/mol. The zero-order chi connectivity index (χ0) is 17.9. The number of fused-ring (bicyclic) bond motifs is 1. The lowest BCUT2D eigenvalue weighted by Crippen LogP contribution is -2.39. The second kappa shape index (κ2) is 7.50. The van der Waals surface area contributed by atoms with Crippen molar-refractivity contribution in [2.75, 3.05) is 20.3 Å². The molecule has 0 saturated heterocycles. The van der Waals surface area contributed by atoms with Crippen LogP contribution < -0.4 is 4.74 Å². The lowest BCUT2D eigenvalue weighted by atomic mass is 10.1. The first-order chi connectivity index (χ1) is 12.7. The molecule has 1 aromatic heterocycles. The SMILES string of the molecule is COc1cccc(CC(=O)N2CCn3cnc(COCC4CC4)c3C2)c1. The van der Waals surface area contributed by atoms with Gasteiger partial charge in [0.25, 0.3) is 0 Å². The highest BCUT2D eigenvalue weighted by atomic mass is 16.5. The topological polar surface area (TPSA) is 56.6 Å². The van der Waals surface area contributed by atoms with E-state index in [1.165, 1.54) is 12.8 Å². The smallest absolute Gasteiger partial charge is 0.227 e. The summed E-state index contributed by atoms with van der Waals surface area (Å²) in [5.74, 6) is 1.66. The Morgan fingerprint density at radius 2 is 2.19 bits per heavy atom. The molecule has 0 atom stereocenters. The first kappa shape index (κ1) is 17.1. The minimum absolute atomic E-state index is 0.135. The van der Waals surface area contributed by atoms with Gasteiger partial charge < -0.3 is 18.9 Å². The molecule has 26 heavy (non-hydrogen) atoms. The number of carbonyl (C=O) groups is 1. The van der Waals surface area contributed by atoms with Gasteiger partial charge in [0.1, 0.15) is 5.75 Å². The molecule has 1 amide bonds. The predicted molar refractivity (Wildman–Crippen MR) is 96.7 cm³/mol. The van der Waals surface area contributed by atoms with Crippen LogP contribution in [0.5, 0.6) is 5.75 Å². The molecule has 6 nitrogen and oxygen atoms in total. The third kappa shape index (κ3) is 3.90. The van der Waals surface area contributed by atoms with E-state index in [2.05, 4.69) is 9.55 Å². The number of carbonyl (C=O) groups excluding carboxylic acids is 1. The molecule has 2 heterocycles. The zero-order valence-electron chi connectivity index (χ0n) is 15.2. The van der Waals surface area contributed by atoms with E-state index >= 15 is 0 Å². The van der Waals surface area contributed by atoms with Gasteiger partial charge in [-0.25, -0.2) is 4.98 Å². The number of imidazole rings is 1. The molecule has 1 aromatic carbocycles. The van der Waals surface area contributed by atoms with Gasteiger partial charge in [0.05, 0.1) is 44.4 Å². The second-order valence-electron chi connectivity index (χ2n) is 7.13. The Kier molecular flexibility index (Phi) is 4.93. The Balaban J connectivity index is 1.38. The van der Waals surface area contributed by atoms with Gasteiger partial charge in [0.15, 0.2) is 0 Å². The monoisotopic (exact) mass is 355 g/mol. The number of nitrogens with zero attached hydrogens (tertiary/aromatic N) is 3. The molecule has 1 aliphatic carbocycles. The van der Waals surface area contributed by atoms with Crippen molar-refractivity contribution in [3.05, 3.63) is 47.5 Å². The number of benzene rings is 1. The first-order valence-corrected chi connectivity index (χ1v) is 9.24. The highest BCUT2D eigenvalue weighted by Crippen LogP contribution is 2.29. The van der Waals surface area contributed by atoms with Crippen molar-refractivity contribution in [3.63, 3.8) is 0 Å². The van der Waals surface area contributed by atoms with Gasteiger partial charge in [-0.05, 0) is 36.5 Å². The van der Waals surface area contributed by atoms with Crippen LogP contribution in [0.25, 0.3) is 0 Å². The van der Waals surface area contributed by atoms with Crippen LogP contribution in [0.4, 0.5) is 0 Å². The standard InChI is InChI=1S/C20H25N3O3/c1-25-17-4-2-3-16(9-17)10-20(24)22-7-8-23-14-21-18(19(23)11-22)13-26-12-15-5-6-15/h2-4,9,14-15H,5-8,10-13H2,1H3. The summed E-state index contributed by atoms with van der Waals surface area (Å²) in [5, 5.41) is 0. The van der Waals surface area contributed by atoms with E-state index in [9.17, 15) is 4.79 Å². The van der Waals surface area contributed by atoms with Crippen LogP contribution in [0.1, 0.15) is 29.8 Å². The molecule has 0 N–H and O–H groups in total. The maximum absolute atomic E-state index is 12.7. The van der Waals surface area contributed by atoms with Gasteiger partial charge >= 0.3 is 0 Å². The summed E-state index contributed by atoms with van der Waals surface area (Å²) >= 11 is 0. The number of aromatic nitrogens is 2. The molecule has 0 unspecified atom stereocenters. The number of methoxy groups -OCH3 is 1. The van der Waals surface area contributed by atoms with Crippen LogP contribution in [-0.4, -0.2) is 40.6 Å². The lowest BCUT2D eigenvalue weighted by Gasteiger charge is -2.29. The largest absolute Gasteiger partial charge is 0.497 e. The van der Waals surface area contributed by atoms with Crippen molar-refractivity contribution >= 4 is 5.91 Å². The van der Waals surface area contributed by atoms with E-state index in [0.717, 1.165) is 41.8 Å². The van der Waals surface area contributed by atoms with Crippen molar-refractivity contribution in [3.8, 4) is 5.75 Å². The minimum atomic E-state index is 0.135. The van der Waals surface area contributed by atoms with E-state index in [1.54, 1.807) is 7.11 Å². The van der Waals surface area contributed by atoms with E-state index in [4.69, 9.17) is 9.47 Å². The molecule has 0 spiro atoms. The van der Waals surface area contributed by atoms with Crippen LogP contribution in [0.15, 0.2) is 30.6 Å². The van der Waals surface area contributed by atoms with Crippen LogP contribution in [0, 0.1) is 5.92 Å². The fraction of sp³-hybridized carbons (Fsp3) is 0.500. The summed E-state index contributed by atoms with van der Waals surface area (Å²) in [7, 11) is 1.64. The molecular formula is C20H25N3O3. The highest BCUT2D eigenvalue weighted by molar-refractivity contribution is 5.79. The summed E-state index contributed by atoms with van der Waals surface area (Å²) in [6.45, 7) is 3.47. The molecule has 1 fully saturated rings. The number of hydrogen-bond acceptors (Lipinski definition) is 4. The number of amides is 1. The van der Waals surface area contributed by atoms with E-state index in [0.29, 0.717) is 26.1 Å². The van der Waals surface area contributed by atoms with E-state index < -0.39 is 0 Å². The van der Waals surface area contributed by atoms with Crippen LogP contribution >= 0.6 is 0 Å². The second-order valence-corrected chi connectivity index (χ2v) is 7.13. The fourth-order valence-electron chi connectivity index (χ4n) is 3.32. The van der Waals surface area contributed by atoms with Gasteiger partial charge in [0, 0.05) is 19.7 Å². The molecule has 1 aliphatic heterocycles. The maximum Gasteiger partial charge on any atom is 0.227 e. The van der Waals surface area contributed by atoms with Gasteiger partial charge in [-0.1, -0.05) is 12.1 Å². The van der Waals surface area contributed by atoms with Gasteiger partial charge in [0.2, 0.25) is 5.91 Å². The minimum Gasteiger partial charge on any atom is -0.497 e. The molecule has 0 radical (unpaired) electrons. The van der Waals surface area contributed by atoms with Crippen LogP contribution in [0.3, 0.4) is 0 Å². The van der Waals surface area contributed by atoms with Gasteiger partial charge in [-0.2, -0.15) is 0 Å². The summed E-state index contributed by atoms with van der Waals surface area (Å²) in [6.07, 6.45) is 4.83. The zero-order valence-corrected chi connectivity index (χ0v) is 15.2. The van der Waals surface area contributed by atoms with Crippen molar-refractivity contribution in [1.82, 2.24) is 14.5 Å². The van der Waals surface area contributed by atoms with Crippen LogP contribution in [0.2, 0.25) is 0 Å².